The number of anilines is 1. The molecule has 2 aromatic rings. The lowest BCUT2D eigenvalue weighted by atomic mass is 9.99. The van der Waals surface area contributed by atoms with Crippen molar-refractivity contribution in [3.05, 3.63) is 50.7 Å². The molecule has 27 heavy (non-hydrogen) atoms. The zero-order valence-electron chi connectivity index (χ0n) is 15.5. The first-order valence-electron chi connectivity index (χ1n) is 9.50. The second-order valence-corrected chi connectivity index (χ2v) is 8.22. The van der Waals surface area contributed by atoms with Gasteiger partial charge in [0, 0.05) is 17.0 Å². The van der Waals surface area contributed by atoms with E-state index in [-0.39, 0.29) is 6.03 Å². The molecule has 0 unspecified atom stereocenters. The molecule has 0 fully saturated rings. The van der Waals surface area contributed by atoms with Crippen molar-refractivity contribution < 1.29 is 14.3 Å². The number of hydrogen-bond donors (Lipinski definition) is 2. The summed E-state index contributed by atoms with van der Waals surface area (Å²) >= 11 is 1.56. The van der Waals surface area contributed by atoms with Crippen LogP contribution in [0, 0.1) is 0 Å². The summed E-state index contributed by atoms with van der Waals surface area (Å²) in [6.07, 6.45) is 6.89. The highest BCUT2D eigenvalue weighted by Gasteiger charge is 2.27. The lowest BCUT2D eigenvalue weighted by Crippen LogP contribution is -2.45. The zero-order valence-corrected chi connectivity index (χ0v) is 16.3. The minimum Gasteiger partial charge on any atom is -0.467 e. The van der Waals surface area contributed by atoms with Crippen molar-refractivity contribution in [2.75, 3.05) is 12.4 Å². The lowest BCUT2D eigenvalue weighted by Gasteiger charge is -2.19. The molecule has 2 aliphatic rings. The highest BCUT2D eigenvalue weighted by Crippen LogP contribution is 2.38. The predicted molar refractivity (Wildman–Crippen MR) is 106 cm³/mol. The van der Waals surface area contributed by atoms with Crippen molar-refractivity contribution in [2.24, 2.45) is 0 Å². The van der Waals surface area contributed by atoms with E-state index in [1.807, 2.05) is 17.5 Å². The molecular formula is C21H24N2O3S. The van der Waals surface area contributed by atoms with Gasteiger partial charge in [-0.25, -0.2) is 9.59 Å². The number of methoxy groups -OCH3 is 1. The molecular weight excluding hydrogens is 360 g/mol. The molecule has 0 radical (unpaired) electrons. The number of nitrogens with one attached hydrogen (secondary N) is 2. The number of aryl methyl sites for hydroxylation is 2. The number of hydrogen-bond acceptors (Lipinski definition) is 4. The van der Waals surface area contributed by atoms with Crippen LogP contribution in [0.15, 0.2) is 23.6 Å². The quantitative estimate of drug-likeness (QED) is 0.774. The highest BCUT2D eigenvalue weighted by atomic mass is 32.1. The van der Waals surface area contributed by atoms with E-state index in [0.717, 1.165) is 49.1 Å². The maximum atomic E-state index is 12.7. The van der Waals surface area contributed by atoms with Crippen LogP contribution in [0.25, 0.3) is 0 Å². The Bertz CT molecular complexity index is 829. The van der Waals surface area contributed by atoms with Crippen molar-refractivity contribution in [2.45, 2.75) is 51.0 Å². The Balaban J connectivity index is 1.53. The van der Waals surface area contributed by atoms with E-state index in [9.17, 15) is 9.59 Å². The molecule has 1 aromatic carbocycles. The molecule has 0 saturated heterocycles. The number of carbonyl (C=O) groups is 2. The van der Waals surface area contributed by atoms with Crippen LogP contribution in [-0.2, 0) is 41.6 Å². The molecule has 1 atom stereocenters. The van der Waals surface area contributed by atoms with Crippen LogP contribution in [0.5, 0.6) is 0 Å². The lowest BCUT2D eigenvalue weighted by molar-refractivity contribution is -0.142. The Morgan fingerprint density at radius 3 is 2.44 bits per heavy atom. The van der Waals surface area contributed by atoms with Crippen molar-refractivity contribution >= 4 is 29.0 Å². The predicted octanol–water partition coefficient (Wildman–Crippen LogP) is 3.63. The van der Waals surface area contributed by atoms with E-state index in [0.29, 0.717) is 6.42 Å². The minimum atomic E-state index is -0.696. The summed E-state index contributed by atoms with van der Waals surface area (Å²) in [5.41, 5.74) is 6.27. The van der Waals surface area contributed by atoms with Crippen LogP contribution < -0.4 is 10.6 Å². The van der Waals surface area contributed by atoms with Gasteiger partial charge in [-0.2, -0.15) is 0 Å². The third-order valence-electron chi connectivity index (χ3n) is 5.49. The number of thiophene rings is 1. The fraction of sp³-hybridized carbons (Fsp3) is 0.429. The van der Waals surface area contributed by atoms with Crippen LogP contribution >= 0.6 is 11.3 Å². The Hall–Kier alpha value is -2.34. The van der Waals surface area contributed by atoms with Crippen molar-refractivity contribution in [3.8, 4) is 0 Å². The highest BCUT2D eigenvalue weighted by molar-refractivity contribution is 7.09. The average molecular weight is 385 g/mol. The standard InChI is InChI=1S/C21H24N2O3S/c1-26-20(24)18(12-15-7-4-10-27-15)22-21(25)23-19-16-8-2-5-13(16)11-14-6-3-9-17(14)19/h4,7,10-11,18H,2-3,5-6,8-9,12H2,1H3,(H2,22,23,25)/t18-/m1/s1. The summed E-state index contributed by atoms with van der Waals surface area (Å²) in [4.78, 5) is 25.9. The van der Waals surface area contributed by atoms with Crippen LogP contribution in [0.1, 0.15) is 40.0 Å². The Morgan fingerprint density at radius 2 is 1.85 bits per heavy atom. The minimum absolute atomic E-state index is 0.337. The van der Waals surface area contributed by atoms with Crippen molar-refractivity contribution in [1.29, 1.82) is 0 Å². The first-order chi connectivity index (χ1) is 13.2. The van der Waals surface area contributed by atoms with E-state index in [1.54, 1.807) is 11.3 Å². The maximum Gasteiger partial charge on any atom is 0.328 e. The van der Waals surface area contributed by atoms with Crippen molar-refractivity contribution in [3.63, 3.8) is 0 Å². The summed E-state index contributed by atoms with van der Waals surface area (Å²) in [7, 11) is 1.35. The smallest absolute Gasteiger partial charge is 0.328 e. The summed E-state index contributed by atoms with van der Waals surface area (Å²) < 4.78 is 4.88. The van der Waals surface area contributed by atoms with E-state index in [2.05, 4.69) is 16.7 Å². The van der Waals surface area contributed by atoms with Gasteiger partial charge in [0.2, 0.25) is 0 Å². The fourth-order valence-electron chi connectivity index (χ4n) is 4.24. The van der Waals surface area contributed by atoms with Gasteiger partial charge in [-0.05, 0) is 72.2 Å². The Morgan fingerprint density at radius 1 is 1.15 bits per heavy atom. The molecule has 2 amide bonds. The molecule has 142 valence electrons. The van der Waals surface area contributed by atoms with Crippen LogP contribution in [0.2, 0.25) is 0 Å². The van der Waals surface area contributed by atoms with Gasteiger partial charge in [-0.15, -0.1) is 11.3 Å². The number of urea groups is 1. The first-order valence-corrected chi connectivity index (χ1v) is 10.4. The van der Waals surface area contributed by atoms with E-state index in [1.165, 1.54) is 29.4 Å². The number of ether oxygens (including phenoxy) is 1. The molecule has 2 N–H and O–H groups in total. The number of rotatable bonds is 5. The van der Waals surface area contributed by atoms with Gasteiger partial charge in [0.25, 0.3) is 0 Å². The molecule has 0 saturated carbocycles. The number of carbonyl (C=O) groups excluding carboxylic acids is 2. The SMILES string of the molecule is COC(=O)[C@@H](Cc1cccs1)NC(=O)Nc1c2c(cc3c1CCC3)CCC2. The maximum absolute atomic E-state index is 12.7. The topological polar surface area (TPSA) is 67.4 Å². The van der Waals surface area contributed by atoms with Gasteiger partial charge < -0.3 is 15.4 Å². The second-order valence-electron chi connectivity index (χ2n) is 7.19. The normalized spacial score (nSPS) is 15.7. The molecule has 0 bridgehead atoms. The second kappa shape index (κ2) is 7.72. The van der Waals surface area contributed by atoms with Gasteiger partial charge in [0.1, 0.15) is 6.04 Å². The van der Waals surface area contributed by atoms with Gasteiger partial charge in [-0.1, -0.05) is 12.1 Å². The van der Waals surface area contributed by atoms with Gasteiger partial charge in [0.15, 0.2) is 0 Å². The average Bonchev–Trinajstić information content (AvgIpc) is 3.41. The zero-order chi connectivity index (χ0) is 18.8. The van der Waals surface area contributed by atoms with E-state index >= 15 is 0 Å². The number of esters is 1. The summed E-state index contributed by atoms with van der Waals surface area (Å²) in [6, 6.07) is 5.19. The van der Waals surface area contributed by atoms with E-state index < -0.39 is 12.0 Å². The van der Waals surface area contributed by atoms with Crippen LogP contribution in [-0.4, -0.2) is 25.2 Å². The van der Waals surface area contributed by atoms with Gasteiger partial charge >= 0.3 is 12.0 Å². The molecule has 5 nitrogen and oxygen atoms in total. The van der Waals surface area contributed by atoms with Gasteiger partial charge in [0.05, 0.1) is 7.11 Å². The largest absolute Gasteiger partial charge is 0.467 e. The summed E-state index contributed by atoms with van der Waals surface area (Å²) in [6.45, 7) is 0. The first kappa shape index (κ1) is 18.0. The number of benzene rings is 1. The number of fused-ring (bicyclic) bond motifs is 2. The van der Waals surface area contributed by atoms with Gasteiger partial charge in [-0.3, -0.25) is 0 Å². The third kappa shape index (κ3) is 3.72. The molecule has 4 rings (SSSR count). The summed E-state index contributed by atoms with van der Waals surface area (Å²) in [5.74, 6) is -0.429. The van der Waals surface area contributed by atoms with Crippen LogP contribution in [0.3, 0.4) is 0 Å². The Labute approximate surface area is 163 Å². The van der Waals surface area contributed by atoms with Crippen LogP contribution in [0.4, 0.5) is 10.5 Å². The van der Waals surface area contributed by atoms with Crippen molar-refractivity contribution in [1.82, 2.24) is 5.32 Å². The van der Waals surface area contributed by atoms with E-state index in [4.69, 9.17) is 4.74 Å². The molecule has 0 aliphatic heterocycles. The summed E-state index contributed by atoms with van der Waals surface area (Å²) in [5, 5.41) is 7.85. The molecule has 2 aliphatic carbocycles. The Kier molecular flexibility index (Phi) is 5.16. The number of amides is 2. The molecule has 1 heterocycles. The molecule has 6 heteroatoms. The molecule has 1 aromatic heterocycles. The third-order valence-corrected chi connectivity index (χ3v) is 6.39. The molecule has 0 spiro atoms. The monoisotopic (exact) mass is 384 g/mol. The fourth-order valence-corrected chi connectivity index (χ4v) is 4.99.